The highest BCUT2D eigenvalue weighted by Gasteiger charge is 2.39. The minimum Gasteiger partial charge on any atom is -0.497 e. The molecule has 90 valence electrons. The number of rotatable bonds is 2. The van der Waals surface area contributed by atoms with Crippen molar-refractivity contribution < 1.29 is 19.4 Å². The Morgan fingerprint density at radius 1 is 1.12 bits per heavy atom. The van der Waals surface area contributed by atoms with Crippen LogP contribution in [-0.2, 0) is 5.41 Å². The smallest absolute Gasteiger partial charge is 0.441 e. The predicted octanol–water partition coefficient (Wildman–Crippen LogP) is 1.36. The fraction of sp³-hybridized carbons (Fsp3) is 0.455. The van der Waals surface area contributed by atoms with Crippen molar-refractivity contribution in [3.63, 3.8) is 0 Å². The zero-order valence-electron chi connectivity index (χ0n) is 9.93. The van der Waals surface area contributed by atoms with Crippen LogP contribution in [-0.4, -0.2) is 21.8 Å². The first-order chi connectivity index (χ1) is 7.16. The molecular formula is C11H18O4P+. The molecule has 0 spiro atoms. The SMILES string of the molecule is COc1ccc([P+](O)(O)O)c(C(C)(C)C)c1. The molecule has 4 nitrogen and oxygen atoms in total. The average Bonchev–Trinajstić information content (AvgIpc) is 2.14. The Hall–Kier alpha value is -0.670. The lowest BCUT2D eigenvalue weighted by molar-refractivity contribution is 0.346. The molecule has 3 N–H and O–H groups in total. The van der Waals surface area contributed by atoms with E-state index in [2.05, 4.69) is 0 Å². The van der Waals surface area contributed by atoms with Gasteiger partial charge < -0.3 is 4.74 Å². The van der Waals surface area contributed by atoms with E-state index in [1.165, 1.54) is 6.07 Å². The monoisotopic (exact) mass is 245 g/mol. The molecule has 16 heavy (non-hydrogen) atoms. The maximum absolute atomic E-state index is 9.38. The van der Waals surface area contributed by atoms with Gasteiger partial charge in [0.15, 0.2) is 5.30 Å². The van der Waals surface area contributed by atoms with Gasteiger partial charge in [0, 0.05) is 5.56 Å². The van der Waals surface area contributed by atoms with Gasteiger partial charge in [-0.05, 0) is 23.6 Å². The Kier molecular flexibility index (Phi) is 3.60. The summed E-state index contributed by atoms with van der Waals surface area (Å²) in [7, 11) is -2.45. The molecule has 0 aliphatic carbocycles. The second kappa shape index (κ2) is 4.30. The molecule has 0 amide bonds. The van der Waals surface area contributed by atoms with E-state index in [0.29, 0.717) is 11.3 Å². The van der Waals surface area contributed by atoms with Gasteiger partial charge in [0.25, 0.3) is 0 Å². The molecule has 1 rings (SSSR count). The van der Waals surface area contributed by atoms with Gasteiger partial charge in [-0.25, -0.2) is 0 Å². The molecule has 0 bridgehead atoms. The van der Waals surface area contributed by atoms with Gasteiger partial charge in [0.2, 0.25) is 0 Å². The highest BCUT2D eigenvalue weighted by atomic mass is 31.2. The second-order valence-electron chi connectivity index (χ2n) is 4.70. The maximum Gasteiger partial charge on any atom is 0.441 e. The van der Waals surface area contributed by atoms with Crippen LogP contribution >= 0.6 is 7.94 Å². The summed E-state index contributed by atoms with van der Waals surface area (Å²) >= 11 is 0. The highest BCUT2D eigenvalue weighted by Crippen LogP contribution is 2.46. The summed E-state index contributed by atoms with van der Waals surface area (Å²) in [5.74, 6) is 0.627. The third-order valence-electron chi connectivity index (χ3n) is 2.33. The van der Waals surface area contributed by atoms with Crippen molar-refractivity contribution in [1.29, 1.82) is 0 Å². The Labute approximate surface area is 96.1 Å². The molecule has 0 fully saturated rings. The molecule has 0 radical (unpaired) electrons. The van der Waals surface area contributed by atoms with Crippen molar-refractivity contribution >= 4 is 13.2 Å². The van der Waals surface area contributed by atoms with E-state index in [0.717, 1.165) is 0 Å². The van der Waals surface area contributed by atoms with Crippen LogP contribution in [0.2, 0.25) is 0 Å². The van der Waals surface area contributed by atoms with E-state index >= 15 is 0 Å². The van der Waals surface area contributed by atoms with Gasteiger partial charge in [-0.3, -0.25) is 0 Å². The van der Waals surface area contributed by atoms with E-state index in [1.807, 2.05) is 20.8 Å². The third-order valence-corrected chi connectivity index (χ3v) is 3.37. The number of benzene rings is 1. The lowest BCUT2D eigenvalue weighted by atomic mass is 9.87. The van der Waals surface area contributed by atoms with E-state index in [9.17, 15) is 14.7 Å². The molecule has 0 saturated carbocycles. The molecule has 0 aliphatic heterocycles. The van der Waals surface area contributed by atoms with Crippen LogP contribution in [0.4, 0.5) is 0 Å². The van der Waals surface area contributed by atoms with Crippen LogP contribution in [0.3, 0.4) is 0 Å². The summed E-state index contributed by atoms with van der Waals surface area (Å²) in [6.45, 7) is 5.79. The van der Waals surface area contributed by atoms with Crippen LogP contribution in [0, 0.1) is 0 Å². The largest absolute Gasteiger partial charge is 0.497 e. The Balaban J connectivity index is 3.40. The molecule has 0 atom stereocenters. The van der Waals surface area contributed by atoms with Crippen LogP contribution in [0.1, 0.15) is 26.3 Å². The van der Waals surface area contributed by atoms with Gasteiger partial charge in [-0.15, -0.1) is 0 Å². The molecule has 1 aromatic carbocycles. The third kappa shape index (κ3) is 2.92. The highest BCUT2D eigenvalue weighted by molar-refractivity contribution is 7.66. The first-order valence-electron chi connectivity index (χ1n) is 4.92. The molecule has 0 heterocycles. The zero-order valence-corrected chi connectivity index (χ0v) is 10.8. The second-order valence-corrected chi connectivity index (χ2v) is 6.32. The Morgan fingerprint density at radius 2 is 1.69 bits per heavy atom. The molecule has 5 heteroatoms. The fourth-order valence-electron chi connectivity index (χ4n) is 1.50. The number of ether oxygens (including phenoxy) is 1. The van der Waals surface area contributed by atoms with Crippen LogP contribution in [0.15, 0.2) is 18.2 Å². The molecule has 1 aromatic rings. The number of methoxy groups -OCH3 is 1. The quantitative estimate of drug-likeness (QED) is 0.688. The van der Waals surface area contributed by atoms with Crippen LogP contribution in [0.5, 0.6) is 5.75 Å². The summed E-state index contributed by atoms with van der Waals surface area (Å²) in [5, 5.41) is 0.181. The zero-order chi connectivity index (χ0) is 12.6. The first-order valence-corrected chi connectivity index (χ1v) is 6.57. The summed E-state index contributed by atoms with van der Waals surface area (Å²) in [4.78, 5) is 28.1. The first kappa shape index (κ1) is 13.4. The number of hydrogen-bond acceptors (Lipinski definition) is 4. The molecule has 0 saturated heterocycles. The van der Waals surface area contributed by atoms with E-state index < -0.39 is 7.94 Å². The molecule has 0 aromatic heterocycles. The lowest BCUT2D eigenvalue weighted by Gasteiger charge is -2.22. The van der Waals surface area contributed by atoms with Crippen molar-refractivity contribution in [2.75, 3.05) is 7.11 Å². The van der Waals surface area contributed by atoms with Gasteiger partial charge in [0.1, 0.15) is 5.75 Å². The van der Waals surface area contributed by atoms with E-state index in [4.69, 9.17) is 4.74 Å². The normalized spacial score (nSPS) is 12.7. The van der Waals surface area contributed by atoms with E-state index in [1.54, 1.807) is 19.2 Å². The molecular weight excluding hydrogens is 227 g/mol. The van der Waals surface area contributed by atoms with Gasteiger partial charge in [-0.2, -0.15) is 14.7 Å². The maximum atomic E-state index is 9.38. The lowest BCUT2D eigenvalue weighted by Crippen LogP contribution is -2.25. The van der Waals surface area contributed by atoms with E-state index in [-0.39, 0.29) is 10.7 Å². The van der Waals surface area contributed by atoms with Crippen LogP contribution in [0.25, 0.3) is 0 Å². The predicted molar refractivity (Wildman–Crippen MR) is 64.9 cm³/mol. The molecule has 0 aliphatic rings. The Morgan fingerprint density at radius 3 is 2.06 bits per heavy atom. The number of hydrogen-bond donors (Lipinski definition) is 3. The summed E-state index contributed by atoms with van der Waals surface area (Å²) in [5.41, 5.74) is 0.372. The molecule has 0 unspecified atom stereocenters. The van der Waals surface area contributed by atoms with Crippen molar-refractivity contribution in [2.45, 2.75) is 26.2 Å². The van der Waals surface area contributed by atoms with Crippen molar-refractivity contribution in [3.05, 3.63) is 23.8 Å². The summed E-state index contributed by atoms with van der Waals surface area (Å²) < 4.78 is 5.09. The minimum absolute atomic E-state index is 0.181. The van der Waals surface area contributed by atoms with Crippen LogP contribution < -0.4 is 10.0 Å². The van der Waals surface area contributed by atoms with Crippen molar-refractivity contribution in [3.8, 4) is 5.75 Å². The minimum atomic E-state index is -3.99. The van der Waals surface area contributed by atoms with Gasteiger partial charge in [0.05, 0.1) is 7.11 Å². The average molecular weight is 245 g/mol. The van der Waals surface area contributed by atoms with Crippen molar-refractivity contribution in [2.24, 2.45) is 0 Å². The Bertz CT molecular complexity index is 377. The van der Waals surface area contributed by atoms with Gasteiger partial charge in [-0.1, -0.05) is 20.8 Å². The summed E-state index contributed by atoms with van der Waals surface area (Å²) in [6, 6.07) is 4.81. The fourth-order valence-corrected chi connectivity index (χ4v) is 2.50. The topological polar surface area (TPSA) is 69.9 Å². The van der Waals surface area contributed by atoms with Gasteiger partial charge >= 0.3 is 7.94 Å². The van der Waals surface area contributed by atoms with Crippen molar-refractivity contribution in [1.82, 2.24) is 0 Å². The standard InChI is InChI=1S/C11H18O4P/c1-11(2,3)9-7-8(15-4)5-6-10(9)16(12,13)14/h5-7,12-14H,1-4H3/q+1. The summed E-state index contributed by atoms with van der Waals surface area (Å²) in [6.07, 6.45) is 0.